The molecule has 0 aliphatic rings. The molecule has 158 valence electrons. The van der Waals surface area contributed by atoms with Gasteiger partial charge in [0, 0.05) is 22.0 Å². The number of halogens is 2. The van der Waals surface area contributed by atoms with Crippen molar-refractivity contribution < 1.29 is 23.8 Å². The van der Waals surface area contributed by atoms with Crippen LogP contribution < -0.4 is 4.74 Å². The van der Waals surface area contributed by atoms with Gasteiger partial charge in [-0.1, -0.05) is 29.8 Å². The molecule has 8 heteroatoms. The van der Waals surface area contributed by atoms with Crippen LogP contribution in [0.2, 0.25) is 5.02 Å². The number of aromatic nitrogens is 2. The quantitative estimate of drug-likeness (QED) is 0.431. The molecule has 4 rings (SSSR count). The van der Waals surface area contributed by atoms with E-state index in [1.165, 1.54) is 26.4 Å². The topological polar surface area (TPSA) is 84.4 Å². The molecule has 0 saturated carbocycles. The Balaban J connectivity index is 1.98. The van der Waals surface area contributed by atoms with Crippen molar-refractivity contribution >= 4 is 28.5 Å². The first-order chi connectivity index (χ1) is 14.9. The van der Waals surface area contributed by atoms with Gasteiger partial charge in [0.1, 0.15) is 23.4 Å². The smallest absolute Gasteiger partial charge is 0.356 e. The lowest BCUT2D eigenvalue weighted by Gasteiger charge is -2.14. The van der Waals surface area contributed by atoms with Gasteiger partial charge in [-0.3, -0.25) is 0 Å². The van der Waals surface area contributed by atoms with E-state index in [-0.39, 0.29) is 17.0 Å². The average molecular weight is 441 g/mol. The van der Waals surface area contributed by atoms with Crippen molar-refractivity contribution in [2.45, 2.75) is 6.10 Å². The minimum atomic E-state index is -1.28. The summed E-state index contributed by atoms with van der Waals surface area (Å²) in [5, 5.41) is 12.2. The van der Waals surface area contributed by atoms with Crippen LogP contribution in [0.1, 0.15) is 27.8 Å². The SMILES string of the molecule is COC(=O)c1cccc(C(O)c2c(-c3ccccc3F)[nH]c3cc(Cl)c(OC)cc23)n1. The predicted octanol–water partition coefficient (Wildman–Crippen LogP) is 4.90. The number of rotatable bonds is 5. The van der Waals surface area contributed by atoms with Crippen LogP contribution >= 0.6 is 11.6 Å². The zero-order valence-corrected chi connectivity index (χ0v) is 17.4. The number of methoxy groups -OCH3 is 2. The number of esters is 1. The monoisotopic (exact) mass is 440 g/mol. The molecule has 0 aliphatic carbocycles. The lowest BCUT2D eigenvalue weighted by molar-refractivity contribution is 0.0593. The highest BCUT2D eigenvalue weighted by Gasteiger charge is 2.25. The van der Waals surface area contributed by atoms with E-state index in [2.05, 4.69) is 9.97 Å². The van der Waals surface area contributed by atoms with Crippen molar-refractivity contribution in [2.24, 2.45) is 0 Å². The number of carbonyl (C=O) groups is 1. The highest BCUT2D eigenvalue weighted by Crippen LogP contribution is 2.41. The molecule has 4 aromatic rings. The zero-order chi connectivity index (χ0) is 22.1. The first kappa shape index (κ1) is 20.8. The van der Waals surface area contributed by atoms with E-state index in [0.29, 0.717) is 32.9 Å². The van der Waals surface area contributed by atoms with Crippen molar-refractivity contribution in [1.29, 1.82) is 0 Å². The van der Waals surface area contributed by atoms with Gasteiger partial charge in [-0.05, 0) is 36.4 Å². The molecule has 2 N–H and O–H groups in total. The first-order valence-corrected chi connectivity index (χ1v) is 9.69. The molecule has 2 heterocycles. The molecule has 1 atom stereocenters. The number of aliphatic hydroxyl groups excluding tert-OH is 1. The Morgan fingerprint density at radius 2 is 1.94 bits per heavy atom. The fourth-order valence-corrected chi connectivity index (χ4v) is 3.74. The van der Waals surface area contributed by atoms with Crippen LogP contribution in [0.25, 0.3) is 22.2 Å². The molecule has 0 radical (unpaired) electrons. The molecule has 0 aliphatic heterocycles. The van der Waals surface area contributed by atoms with Crippen LogP contribution in [0.15, 0.2) is 54.6 Å². The van der Waals surface area contributed by atoms with E-state index < -0.39 is 17.9 Å². The Morgan fingerprint density at radius 3 is 2.65 bits per heavy atom. The maximum absolute atomic E-state index is 14.7. The fraction of sp³-hybridized carbons (Fsp3) is 0.130. The summed E-state index contributed by atoms with van der Waals surface area (Å²) in [7, 11) is 2.73. The van der Waals surface area contributed by atoms with Crippen LogP contribution in [-0.4, -0.2) is 35.3 Å². The minimum absolute atomic E-state index is 0.0481. The van der Waals surface area contributed by atoms with E-state index in [1.807, 2.05) is 0 Å². The van der Waals surface area contributed by atoms with Gasteiger partial charge in [-0.2, -0.15) is 0 Å². The molecule has 31 heavy (non-hydrogen) atoms. The number of hydrogen-bond donors (Lipinski definition) is 2. The number of pyridine rings is 1. The predicted molar refractivity (Wildman–Crippen MR) is 115 cm³/mol. The Hall–Kier alpha value is -3.42. The van der Waals surface area contributed by atoms with Crippen molar-refractivity contribution in [3.8, 4) is 17.0 Å². The summed E-state index contributed by atoms with van der Waals surface area (Å²) in [6, 6.07) is 14.2. The number of nitrogens with one attached hydrogen (secondary N) is 1. The molecule has 0 saturated heterocycles. The van der Waals surface area contributed by atoms with Gasteiger partial charge in [-0.15, -0.1) is 0 Å². The molecule has 0 bridgehead atoms. The maximum Gasteiger partial charge on any atom is 0.356 e. The Morgan fingerprint density at radius 1 is 1.16 bits per heavy atom. The standard InChI is InChI=1S/C23H18ClFN2O4/c1-30-19-10-13-18(11-14(19)24)27-21(12-6-3-4-7-15(12)25)20(13)22(28)16-8-5-9-17(26-16)23(29)31-2/h3-11,22,27-28H,1-2H3. The van der Waals surface area contributed by atoms with Crippen molar-refractivity contribution in [1.82, 2.24) is 9.97 Å². The highest BCUT2D eigenvalue weighted by molar-refractivity contribution is 6.32. The Bertz CT molecular complexity index is 1290. The van der Waals surface area contributed by atoms with E-state index in [4.69, 9.17) is 21.1 Å². The molecule has 0 fully saturated rings. The minimum Gasteiger partial charge on any atom is -0.495 e. The summed E-state index contributed by atoms with van der Waals surface area (Å²) in [5.74, 6) is -0.689. The second-order valence-corrected chi connectivity index (χ2v) is 7.17. The lowest BCUT2D eigenvalue weighted by Crippen LogP contribution is -2.09. The lowest BCUT2D eigenvalue weighted by atomic mass is 9.98. The molecule has 0 amide bonds. The van der Waals surface area contributed by atoms with Gasteiger partial charge >= 0.3 is 5.97 Å². The van der Waals surface area contributed by atoms with E-state index in [1.54, 1.807) is 42.5 Å². The molecule has 0 spiro atoms. The van der Waals surface area contributed by atoms with Crippen molar-refractivity contribution in [3.63, 3.8) is 0 Å². The number of H-pyrrole nitrogens is 1. The van der Waals surface area contributed by atoms with E-state index in [0.717, 1.165) is 0 Å². The van der Waals surface area contributed by atoms with Gasteiger partial charge in [0.2, 0.25) is 0 Å². The zero-order valence-electron chi connectivity index (χ0n) is 16.6. The maximum atomic E-state index is 14.7. The number of benzene rings is 2. The van der Waals surface area contributed by atoms with Gasteiger partial charge in [0.15, 0.2) is 0 Å². The summed E-state index contributed by atoms with van der Waals surface area (Å²) in [5.41, 5.74) is 1.86. The van der Waals surface area contributed by atoms with Crippen LogP contribution in [-0.2, 0) is 4.74 Å². The van der Waals surface area contributed by atoms with E-state index in [9.17, 15) is 14.3 Å². The van der Waals surface area contributed by atoms with Gasteiger partial charge in [-0.25, -0.2) is 14.2 Å². The summed E-state index contributed by atoms with van der Waals surface area (Å²) in [6.07, 6.45) is -1.28. The molecule has 6 nitrogen and oxygen atoms in total. The third-order valence-corrected chi connectivity index (χ3v) is 5.27. The third-order valence-electron chi connectivity index (χ3n) is 4.97. The number of aromatic amines is 1. The highest BCUT2D eigenvalue weighted by atomic mass is 35.5. The van der Waals surface area contributed by atoms with Crippen LogP contribution in [0, 0.1) is 5.82 Å². The Kier molecular flexibility index (Phi) is 5.63. The van der Waals surface area contributed by atoms with Crippen LogP contribution in [0.4, 0.5) is 4.39 Å². The third kappa shape index (κ3) is 3.73. The summed E-state index contributed by atoms with van der Waals surface area (Å²) in [4.78, 5) is 19.3. The second kappa shape index (κ2) is 8.37. The van der Waals surface area contributed by atoms with Gasteiger partial charge in [0.05, 0.1) is 30.6 Å². The molecular formula is C23H18ClFN2O4. The number of fused-ring (bicyclic) bond motifs is 1. The molecule has 2 aromatic carbocycles. The Labute approximate surface area is 182 Å². The summed E-state index contributed by atoms with van der Waals surface area (Å²) >= 11 is 6.27. The largest absolute Gasteiger partial charge is 0.495 e. The number of hydrogen-bond acceptors (Lipinski definition) is 5. The van der Waals surface area contributed by atoms with Crippen LogP contribution in [0.3, 0.4) is 0 Å². The van der Waals surface area contributed by atoms with Crippen molar-refractivity contribution in [3.05, 3.63) is 82.4 Å². The van der Waals surface area contributed by atoms with Gasteiger partial charge < -0.3 is 19.6 Å². The summed E-state index contributed by atoms with van der Waals surface area (Å²) < 4.78 is 24.7. The summed E-state index contributed by atoms with van der Waals surface area (Å²) in [6.45, 7) is 0. The number of carbonyl (C=O) groups excluding carboxylic acids is 1. The van der Waals surface area contributed by atoms with Crippen molar-refractivity contribution in [2.75, 3.05) is 14.2 Å². The van der Waals surface area contributed by atoms with E-state index >= 15 is 0 Å². The normalized spacial score (nSPS) is 12.0. The number of nitrogens with zero attached hydrogens (tertiary/aromatic N) is 1. The van der Waals surface area contributed by atoms with Crippen LogP contribution in [0.5, 0.6) is 5.75 Å². The fourth-order valence-electron chi connectivity index (χ4n) is 3.50. The molecule has 1 unspecified atom stereocenters. The number of ether oxygens (including phenoxy) is 2. The average Bonchev–Trinajstić information content (AvgIpc) is 3.15. The second-order valence-electron chi connectivity index (χ2n) is 6.77. The molecular weight excluding hydrogens is 423 g/mol. The first-order valence-electron chi connectivity index (χ1n) is 9.32. The number of aliphatic hydroxyl groups is 1. The van der Waals surface area contributed by atoms with Gasteiger partial charge in [0.25, 0.3) is 0 Å². The molecule has 2 aromatic heterocycles.